The Morgan fingerprint density at radius 3 is 2.72 bits per heavy atom. The van der Waals surface area contributed by atoms with Gasteiger partial charge in [0.2, 0.25) is 0 Å². The summed E-state index contributed by atoms with van der Waals surface area (Å²) >= 11 is 0. The molecular weight excluding hydrogens is 242 g/mol. The van der Waals surface area contributed by atoms with Crippen LogP contribution < -0.4 is 5.56 Å². The molecule has 7 heteroatoms. The quantitative estimate of drug-likeness (QED) is 0.713. The van der Waals surface area contributed by atoms with Gasteiger partial charge in [0.05, 0.1) is 7.11 Å². The van der Waals surface area contributed by atoms with Crippen LogP contribution in [0.4, 0.5) is 0 Å². The topological polar surface area (TPSA) is 106 Å². The smallest absolute Gasteiger partial charge is 0.343 e. The van der Waals surface area contributed by atoms with E-state index >= 15 is 0 Å². The van der Waals surface area contributed by atoms with Crippen LogP contribution in [-0.4, -0.2) is 33.8 Å². The van der Waals surface area contributed by atoms with Gasteiger partial charge in [-0.15, -0.1) is 0 Å². The standard InChI is InChI=1S/C11H11NO6/c1-18-11(17)9-5-2-3-6(10(15)16)12(5)8(14)4-7(9)13/h4,6,13H,2-3H2,1H3,(H,15,16). The maximum absolute atomic E-state index is 11.7. The third-order valence-electron chi connectivity index (χ3n) is 2.97. The molecule has 2 N–H and O–H groups in total. The highest BCUT2D eigenvalue weighted by atomic mass is 16.5. The molecule has 96 valence electrons. The zero-order valence-corrected chi connectivity index (χ0v) is 9.54. The highest BCUT2D eigenvalue weighted by molar-refractivity contribution is 5.94. The van der Waals surface area contributed by atoms with E-state index < -0.39 is 29.3 Å². The number of rotatable bonds is 2. The van der Waals surface area contributed by atoms with Crippen molar-refractivity contribution in [1.82, 2.24) is 4.57 Å². The van der Waals surface area contributed by atoms with Crippen molar-refractivity contribution in [3.63, 3.8) is 0 Å². The number of fused-ring (bicyclic) bond motifs is 1. The number of carboxylic acids is 1. The Labute approximate surface area is 101 Å². The minimum absolute atomic E-state index is 0.138. The number of aromatic hydroxyl groups is 1. The number of nitrogens with zero attached hydrogens (tertiary/aromatic N) is 1. The number of hydrogen-bond donors (Lipinski definition) is 2. The summed E-state index contributed by atoms with van der Waals surface area (Å²) in [7, 11) is 1.15. The maximum Gasteiger partial charge on any atom is 0.343 e. The Morgan fingerprint density at radius 1 is 1.50 bits per heavy atom. The van der Waals surface area contributed by atoms with Crippen LogP contribution in [0.15, 0.2) is 10.9 Å². The zero-order chi connectivity index (χ0) is 13.4. The monoisotopic (exact) mass is 253 g/mol. The molecule has 18 heavy (non-hydrogen) atoms. The number of aliphatic carboxylic acids is 1. The van der Waals surface area contributed by atoms with Gasteiger partial charge in [-0.3, -0.25) is 9.36 Å². The number of carbonyl (C=O) groups is 2. The third kappa shape index (κ3) is 1.64. The molecular formula is C11H11NO6. The van der Waals surface area contributed by atoms with E-state index in [9.17, 15) is 19.5 Å². The summed E-state index contributed by atoms with van der Waals surface area (Å²) < 4.78 is 5.54. The van der Waals surface area contributed by atoms with E-state index in [1.807, 2.05) is 0 Å². The maximum atomic E-state index is 11.7. The van der Waals surface area contributed by atoms with Crippen molar-refractivity contribution in [3.05, 3.63) is 27.7 Å². The number of hydrogen-bond acceptors (Lipinski definition) is 5. The van der Waals surface area contributed by atoms with Crippen molar-refractivity contribution in [3.8, 4) is 5.75 Å². The summed E-state index contributed by atoms with van der Waals surface area (Å²) in [4.78, 5) is 34.2. The molecule has 1 aliphatic rings. The van der Waals surface area contributed by atoms with Gasteiger partial charge in [0.15, 0.2) is 0 Å². The van der Waals surface area contributed by atoms with E-state index in [0.29, 0.717) is 0 Å². The molecule has 0 aromatic carbocycles. The summed E-state index contributed by atoms with van der Waals surface area (Å²) in [6.45, 7) is 0. The molecule has 1 aromatic heterocycles. The number of carbonyl (C=O) groups excluding carboxylic acids is 1. The second-order valence-electron chi connectivity index (χ2n) is 3.94. The Hall–Kier alpha value is -2.31. The van der Waals surface area contributed by atoms with Crippen LogP contribution in [0.3, 0.4) is 0 Å². The Morgan fingerprint density at radius 2 is 2.17 bits per heavy atom. The van der Waals surface area contributed by atoms with Crippen LogP contribution in [0.5, 0.6) is 5.75 Å². The van der Waals surface area contributed by atoms with Gasteiger partial charge in [0, 0.05) is 11.8 Å². The summed E-state index contributed by atoms with van der Waals surface area (Å²) in [5, 5.41) is 18.6. The number of esters is 1. The minimum Gasteiger partial charge on any atom is -0.507 e. The van der Waals surface area contributed by atoms with Gasteiger partial charge in [-0.1, -0.05) is 0 Å². The van der Waals surface area contributed by atoms with Crippen LogP contribution in [0.25, 0.3) is 0 Å². The lowest BCUT2D eigenvalue weighted by Crippen LogP contribution is -2.28. The summed E-state index contributed by atoms with van der Waals surface area (Å²) in [5.74, 6) is -2.41. The van der Waals surface area contributed by atoms with Crippen molar-refractivity contribution in [2.24, 2.45) is 0 Å². The highest BCUT2D eigenvalue weighted by Gasteiger charge is 2.34. The predicted octanol–water partition coefficient (Wildman–Crippen LogP) is -0.0876. The first kappa shape index (κ1) is 12.2. The van der Waals surface area contributed by atoms with Gasteiger partial charge in [0.1, 0.15) is 17.4 Å². The van der Waals surface area contributed by atoms with Gasteiger partial charge in [-0.2, -0.15) is 0 Å². The number of pyridine rings is 1. The second-order valence-corrected chi connectivity index (χ2v) is 3.94. The Bertz CT molecular complexity index is 588. The summed E-state index contributed by atoms with van der Waals surface area (Å²) in [6.07, 6.45) is 0.434. The summed E-state index contributed by atoms with van der Waals surface area (Å²) in [6, 6.07) is -0.173. The van der Waals surface area contributed by atoms with Gasteiger partial charge in [-0.05, 0) is 12.8 Å². The lowest BCUT2D eigenvalue weighted by Gasteiger charge is -2.12. The average molecular weight is 253 g/mol. The van der Waals surface area contributed by atoms with E-state index in [4.69, 9.17) is 5.11 Å². The lowest BCUT2D eigenvalue weighted by molar-refractivity contribution is -0.140. The number of aromatic nitrogens is 1. The molecule has 7 nitrogen and oxygen atoms in total. The molecule has 0 aliphatic carbocycles. The molecule has 0 spiro atoms. The molecule has 1 atom stereocenters. The first-order chi connectivity index (χ1) is 8.47. The van der Waals surface area contributed by atoms with Crippen LogP contribution in [-0.2, 0) is 16.0 Å². The van der Waals surface area contributed by atoms with Crippen molar-refractivity contribution in [2.75, 3.05) is 7.11 Å². The summed E-state index contributed by atoms with van der Waals surface area (Å²) in [5.41, 5.74) is -0.569. The molecule has 0 radical (unpaired) electrons. The Kier molecular flexibility index (Phi) is 2.82. The molecule has 1 aromatic rings. The lowest BCUT2D eigenvalue weighted by atomic mass is 10.1. The molecule has 2 heterocycles. The molecule has 0 fully saturated rings. The third-order valence-corrected chi connectivity index (χ3v) is 2.97. The molecule has 0 bridgehead atoms. The van der Waals surface area contributed by atoms with Crippen molar-refractivity contribution < 1.29 is 24.5 Å². The van der Waals surface area contributed by atoms with E-state index in [0.717, 1.165) is 17.7 Å². The second kappa shape index (κ2) is 4.17. The molecule has 1 aliphatic heterocycles. The van der Waals surface area contributed by atoms with Crippen molar-refractivity contribution in [2.45, 2.75) is 18.9 Å². The first-order valence-corrected chi connectivity index (χ1v) is 5.26. The van der Waals surface area contributed by atoms with E-state index in [2.05, 4.69) is 4.74 Å². The van der Waals surface area contributed by atoms with Gasteiger partial charge in [-0.25, -0.2) is 9.59 Å². The number of ether oxygens (including phenoxy) is 1. The highest BCUT2D eigenvalue weighted by Crippen LogP contribution is 2.30. The van der Waals surface area contributed by atoms with Crippen molar-refractivity contribution in [1.29, 1.82) is 0 Å². The predicted molar refractivity (Wildman–Crippen MR) is 58.7 cm³/mol. The molecule has 0 saturated carbocycles. The van der Waals surface area contributed by atoms with Gasteiger partial charge >= 0.3 is 11.9 Å². The van der Waals surface area contributed by atoms with Crippen molar-refractivity contribution >= 4 is 11.9 Å². The van der Waals surface area contributed by atoms with E-state index in [1.165, 1.54) is 0 Å². The number of methoxy groups -OCH3 is 1. The molecule has 2 rings (SSSR count). The molecule has 0 amide bonds. The number of carboxylic acid groups (broad SMARTS) is 1. The Balaban J connectivity index is 2.71. The van der Waals surface area contributed by atoms with Crippen LogP contribution >= 0.6 is 0 Å². The largest absolute Gasteiger partial charge is 0.507 e. The van der Waals surface area contributed by atoms with Crippen LogP contribution in [0.2, 0.25) is 0 Å². The average Bonchev–Trinajstić information content (AvgIpc) is 2.73. The van der Waals surface area contributed by atoms with Gasteiger partial charge < -0.3 is 14.9 Å². The fourth-order valence-electron chi connectivity index (χ4n) is 2.21. The first-order valence-electron chi connectivity index (χ1n) is 5.26. The molecule has 0 saturated heterocycles. The minimum atomic E-state index is -1.14. The fourth-order valence-corrected chi connectivity index (χ4v) is 2.21. The SMILES string of the molecule is COC(=O)c1c(O)cc(=O)n2c1CCC2C(=O)O. The fraction of sp³-hybridized carbons (Fsp3) is 0.364. The zero-order valence-electron chi connectivity index (χ0n) is 9.54. The van der Waals surface area contributed by atoms with Gasteiger partial charge in [0.25, 0.3) is 5.56 Å². The van der Waals surface area contributed by atoms with Crippen LogP contribution in [0.1, 0.15) is 28.5 Å². The molecule has 1 unspecified atom stereocenters. The van der Waals surface area contributed by atoms with E-state index in [1.54, 1.807) is 0 Å². The normalized spacial score (nSPS) is 17.3. The van der Waals surface area contributed by atoms with Crippen LogP contribution in [0, 0.1) is 0 Å². The van der Waals surface area contributed by atoms with E-state index in [-0.39, 0.29) is 24.1 Å².